The summed E-state index contributed by atoms with van der Waals surface area (Å²) in [6.07, 6.45) is 1.65. The van der Waals surface area contributed by atoms with Crippen molar-refractivity contribution in [2.75, 3.05) is 12.8 Å². The molecule has 0 aliphatic heterocycles. The Bertz CT molecular complexity index is 1320. The molecule has 6 nitrogen and oxygen atoms in total. The number of hydrogen-bond acceptors (Lipinski definition) is 6. The molecule has 4 rings (SSSR count). The molecule has 0 bridgehead atoms. The number of furan rings is 1. The molecule has 0 saturated carbocycles. The summed E-state index contributed by atoms with van der Waals surface area (Å²) in [5.41, 5.74) is 1.45. The maximum Gasteiger partial charge on any atom is 0.272 e. The lowest BCUT2D eigenvalue weighted by molar-refractivity contribution is -0.127. The molecular formula is C23H20ClN3O3S2. The topological polar surface area (TPSA) is 68.3 Å². The molecule has 1 aromatic carbocycles. The van der Waals surface area contributed by atoms with Gasteiger partial charge in [-0.3, -0.25) is 14.2 Å². The number of aromatic nitrogens is 2. The lowest BCUT2D eigenvalue weighted by Gasteiger charge is -2.16. The van der Waals surface area contributed by atoms with Crippen LogP contribution in [0.25, 0.3) is 21.5 Å². The Balaban J connectivity index is 1.42. The van der Waals surface area contributed by atoms with Gasteiger partial charge in [0.15, 0.2) is 5.16 Å². The molecule has 3 aromatic heterocycles. The first-order valence-electron chi connectivity index (χ1n) is 9.76. The van der Waals surface area contributed by atoms with Crippen molar-refractivity contribution in [1.82, 2.24) is 14.5 Å². The second kappa shape index (κ2) is 9.77. The van der Waals surface area contributed by atoms with E-state index in [1.54, 1.807) is 34.7 Å². The van der Waals surface area contributed by atoms with Gasteiger partial charge in [0.25, 0.3) is 5.56 Å². The average molecular weight is 486 g/mol. The van der Waals surface area contributed by atoms with Gasteiger partial charge in [-0.25, -0.2) is 4.98 Å². The Labute approximate surface area is 198 Å². The lowest BCUT2D eigenvalue weighted by atomic mass is 10.2. The zero-order valence-corrected chi connectivity index (χ0v) is 19.7. The van der Waals surface area contributed by atoms with E-state index in [1.165, 1.54) is 23.1 Å². The third-order valence-corrected chi connectivity index (χ3v) is 6.88. The maximum atomic E-state index is 12.7. The van der Waals surface area contributed by atoms with Gasteiger partial charge in [0.1, 0.15) is 16.2 Å². The van der Waals surface area contributed by atoms with E-state index < -0.39 is 0 Å². The number of rotatable bonds is 8. The number of thioether (sulfide) groups is 1. The number of allylic oxidation sites excluding steroid dienone is 1. The van der Waals surface area contributed by atoms with Gasteiger partial charge in [-0.1, -0.05) is 29.4 Å². The molecule has 9 heteroatoms. The molecule has 0 saturated heterocycles. The van der Waals surface area contributed by atoms with Crippen LogP contribution in [0.1, 0.15) is 5.76 Å². The summed E-state index contributed by atoms with van der Waals surface area (Å²) < 4.78 is 8.04. The number of carbonyl (C=O) groups is 1. The van der Waals surface area contributed by atoms with Gasteiger partial charge in [0.2, 0.25) is 5.91 Å². The molecule has 3 heterocycles. The fraction of sp³-hybridized carbons (Fsp3) is 0.174. The van der Waals surface area contributed by atoms with Crippen molar-refractivity contribution in [3.05, 3.63) is 81.6 Å². The van der Waals surface area contributed by atoms with Gasteiger partial charge in [-0.05, 0) is 47.8 Å². The van der Waals surface area contributed by atoms with E-state index in [1.807, 2.05) is 35.7 Å². The number of benzene rings is 1. The highest BCUT2D eigenvalue weighted by atomic mass is 35.5. The molecule has 0 radical (unpaired) electrons. The molecule has 0 aliphatic rings. The van der Waals surface area contributed by atoms with E-state index in [0.717, 1.165) is 5.56 Å². The van der Waals surface area contributed by atoms with E-state index in [9.17, 15) is 9.59 Å². The number of nitrogens with zero attached hydrogens (tertiary/aromatic N) is 3. The summed E-state index contributed by atoms with van der Waals surface area (Å²) in [5.74, 6) is 1.45. The summed E-state index contributed by atoms with van der Waals surface area (Å²) in [5, 5.41) is 3.01. The van der Waals surface area contributed by atoms with E-state index in [2.05, 4.69) is 11.6 Å². The molecule has 1 amide bonds. The summed E-state index contributed by atoms with van der Waals surface area (Å²) in [6, 6.07) is 12.9. The van der Waals surface area contributed by atoms with Crippen molar-refractivity contribution in [3.8, 4) is 11.3 Å². The van der Waals surface area contributed by atoms with Crippen molar-refractivity contribution >= 4 is 50.8 Å². The number of hydrogen-bond donors (Lipinski definition) is 0. The first-order chi connectivity index (χ1) is 15.5. The van der Waals surface area contributed by atoms with Crippen molar-refractivity contribution in [2.45, 2.75) is 18.2 Å². The van der Waals surface area contributed by atoms with Crippen LogP contribution in [0.3, 0.4) is 0 Å². The SMILES string of the molecule is C=CCn1c(SCC(=O)N(C)Cc2ccc(-c3ccc(Cl)cc3)o2)nc2ccsc2c1=O. The highest BCUT2D eigenvalue weighted by molar-refractivity contribution is 7.99. The molecule has 0 N–H and O–H groups in total. The van der Waals surface area contributed by atoms with Crippen LogP contribution in [0.2, 0.25) is 5.02 Å². The molecule has 0 unspecified atom stereocenters. The largest absolute Gasteiger partial charge is 0.459 e. The molecule has 0 atom stereocenters. The quantitative estimate of drug-likeness (QED) is 0.192. The maximum absolute atomic E-state index is 12.7. The summed E-state index contributed by atoms with van der Waals surface area (Å²) in [4.78, 5) is 31.6. The number of fused-ring (bicyclic) bond motifs is 1. The lowest BCUT2D eigenvalue weighted by Crippen LogP contribution is -2.28. The van der Waals surface area contributed by atoms with Crippen LogP contribution in [-0.2, 0) is 17.9 Å². The predicted molar refractivity (Wildman–Crippen MR) is 130 cm³/mol. The number of halogens is 1. The zero-order valence-electron chi connectivity index (χ0n) is 17.3. The smallest absolute Gasteiger partial charge is 0.272 e. The third-order valence-electron chi connectivity index (χ3n) is 4.78. The number of thiophene rings is 1. The van der Waals surface area contributed by atoms with Crippen molar-refractivity contribution < 1.29 is 9.21 Å². The zero-order chi connectivity index (χ0) is 22.7. The Morgan fingerprint density at radius 2 is 2.06 bits per heavy atom. The average Bonchev–Trinajstić information content (AvgIpc) is 3.44. The summed E-state index contributed by atoms with van der Waals surface area (Å²) in [7, 11) is 1.72. The van der Waals surface area contributed by atoms with Crippen LogP contribution in [0.15, 0.2) is 74.9 Å². The molecule has 164 valence electrons. The Hall–Kier alpha value is -2.81. The van der Waals surface area contributed by atoms with Gasteiger partial charge in [-0.15, -0.1) is 17.9 Å². The van der Waals surface area contributed by atoms with Crippen LogP contribution in [0.4, 0.5) is 0 Å². The first kappa shape index (κ1) is 22.4. The molecule has 0 aliphatic carbocycles. The van der Waals surface area contributed by atoms with E-state index >= 15 is 0 Å². The third kappa shape index (κ3) is 4.82. The summed E-state index contributed by atoms with van der Waals surface area (Å²) >= 11 is 8.54. The minimum Gasteiger partial charge on any atom is -0.459 e. The van der Waals surface area contributed by atoms with Crippen molar-refractivity contribution in [3.63, 3.8) is 0 Å². The Morgan fingerprint density at radius 3 is 2.81 bits per heavy atom. The second-order valence-electron chi connectivity index (χ2n) is 7.05. The predicted octanol–water partition coefficient (Wildman–Crippen LogP) is 5.31. The van der Waals surface area contributed by atoms with Gasteiger partial charge in [-0.2, -0.15) is 0 Å². The molecule has 4 aromatic rings. The van der Waals surface area contributed by atoms with Crippen LogP contribution in [-0.4, -0.2) is 33.2 Å². The first-order valence-corrected chi connectivity index (χ1v) is 12.0. The van der Waals surface area contributed by atoms with Gasteiger partial charge in [0, 0.05) is 24.2 Å². The second-order valence-corrected chi connectivity index (χ2v) is 9.34. The Kier molecular flexibility index (Phi) is 6.83. The number of carbonyl (C=O) groups excluding carboxylic acids is 1. The van der Waals surface area contributed by atoms with Crippen LogP contribution in [0.5, 0.6) is 0 Å². The van der Waals surface area contributed by atoms with Crippen LogP contribution < -0.4 is 5.56 Å². The van der Waals surface area contributed by atoms with Crippen molar-refractivity contribution in [2.24, 2.45) is 0 Å². The number of amides is 1. The van der Waals surface area contributed by atoms with Gasteiger partial charge < -0.3 is 9.32 Å². The normalized spacial score (nSPS) is 11.1. The van der Waals surface area contributed by atoms with Gasteiger partial charge in [0.05, 0.1) is 17.8 Å². The minimum atomic E-state index is -0.112. The van der Waals surface area contributed by atoms with E-state index in [-0.39, 0.29) is 17.2 Å². The minimum absolute atomic E-state index is 0.0933. The molecule has 0 fully saturated rings. The van der Waals surface area contributed by atoms with E-state index in [0.29, 0.717) is 45.0 Å². The van der Waals surface area contributed by atoms with Crippen LogP contribution >= 0.6 is 34.7 Å². The monoisotopic (exact) mass is 485 g/mol. The Morgan fingerprint density at radius 1 is 1.28 bits per heavy atom. The molecular weight excluding hydrogens is 466 g/mol. The van der Waals surface area contributed by atoms with Gasteiger partial charge >= 0.3 is 0 Å². The van der Waals surface area contributed by atoms with Crippen molar-refractivity contribution in [1.29, 1.82) is 0 Å². The molecule has 32 heavy (non-hydrogen) atoms. The summed E-state index contributed by atoms with van der Waals surface area (Å²) in [6.45, 7) is 4.39. The highest BCUT2D eigenvalue weighted by Crippen LogP contribution is 2.25. The molecule has 0 spiro atoms. The highest BCUT2D eigenvalue weighted by Gasteiger charge is 2.16. The van der Waals surface area contributed by atoms with E-state index in [4.69, 9.17) is 16.0 Å². The fourth-order valence-electron chi connectivity index (χ4n) is 3.11. The van der Waals surface area contributed by atoms with Crippen LogP contribution in [0, 0.1) is 0 Å². The standard InChI is InChI=1S/C23H20ClN3O3S2/c1-3-11-27-22(29)21-18(10-12-31-21)25-23(27)32-14-20(28)26(2)13-17-8-9-19(30-17)15-4-6-16(24)7-5-15/h3-10,12H,1,11,13-14H2,2H3. The fourth-order valence-corrected chi connectivity index (χ4v) is 4.97.